The van der Waals surface area contributed by atoms with Crippen molar-refractivity contribution in [3.8, 4) is 0 Å². The largest absolute Gasteiger partial charge is 0.330 e. The number of piperidine rings is 2. The molecule has 0 bridgehead atoms. The van der Waals surface area contributed by atoms with E-state index in [2.05, 4.69) is 22.1 Å². The van der Waals surface area contributed by atoms with Gasteiger partial charge in [0.25, 0.3) is 5.91 Å². The summed E-state index contributed by atoms with van der Waals surface area (Å²) in [6.45, 7) is 4.14. The molecule has 3 heterocycles. The quantitative estimate of drug-likeness (QED) is 0.881. The van der Waals surface area contributed by atoms with Gasteiger partial charge in [-0.3, -0.25) is 9.78 Å². The van der Waals surface area contributed by atoms with Crippen LogP contribution in [0, 0.1) is 0 Å². The van der Waals surface area contributed by atoms with Crippen molar-refractivity contribution in [1.82, 2.24) is 15.2 Å². The van der Waals surface area contributed by atoms with E-state index in [-0.39, 0.29) is 11.4 Å². The molecule has 1 N–H and O–H groups in total. The van der Waals surface area contributed by atoms with Gasteiger partial charge in [0.05, 0.1) is 5.54 Å². The van der Waals surface area contributed by atoms with Crippen LogP contribution in [0.4, 0.5) is 0 Å². The molecule has 0 radical (unpaired) electrons. The number of likely N-dealkylation sites (tertiary alicyclic amines) is 1. The molecule has 4 rings (SSSR count). The SMILES string of the molecule is C[C@]12CCCN[C@@H]1CCCN2C(=O)c1nccc2ccccc12. The number of pyridine rings is 1. The van der Waals surface area contributed by atoms with Gasteiger partial charge in [0.2, 0.25) is 0 Å². The lowest BCUT2D eigenvalue weighted by molar-refractivity contribution is 0.00851. The topological polar surface area (TPSA) is 45.2 Å². The van der Waals surface area contributed by atoms with E-state index >= 15 is 0 Å². The molecule has 4 heteroatoms. The van der Waals surface area contributed by atoms with Crippen molar-refractivity contribution >= 4 is 16.7 Å². The number of amides is 1. The van der Waals surface area contributed by atoms with Gasteiger partial charge in [-0.2, -0.15) is 0 Å². The second-order valence-electron chi connectivity index (χ2n) is 6.95. The van der Waals surface area contributed by atoms with E-state index in [9.17, 15) is 4.79 Å². The number of carbonyl (C=O) groups excluding carboxylic acids is 1. The Kier molecular flexibility index (Phi) is 3.57. The molecule has 0 spiro atoms. The fourth-order valence-corrected chi connectivity index (χ4v) is 4.31. The van der Waals surface area contributed by atoms with E-state index in [0.717, 1.165) is 49.5 Å². The highest BCUT2D eigenvalue weighted by Gasteiger charge is 2.46. The summed E-state index contributed by atoms with van der Waals surface area (Å²) in [6, 6.07) is 10.4. The minimum Gasteiger partial charge on any atom is -0.330 e. The van der Waals surface area contributed by atoms with Gasteiger partial charge in [-0.25, -0.2) is 0 Å². The predicted octanol–water partition coefficient (Wildman–Crippen LogP) is 2.98. The zero-order chi connectivity index (χ0) is 15.9. The molecule has 2 fully saturated rings. The Bertz CT molecular complexity index is 737. The number of hydrogen-bond donors (Lipinski definition) is 1. The Labute approximate surface area is 136 Å². The third-order valence-corrected chi connectivity index (χ3v) is 5.61. The number of benzene rings is 1. The molecule has 120 valence electrons. The standard InChI is InChI=1S/C19H23N3O/c1-19-10-5-11-20-16(19)8-4-13-22(19)18(23)17-15-7-3-2-6-14(15)9-12-21-17/h2-3,6-7,9,12,16,20H,4-5,8,10-11,13H2,1H3/t16-,19+/m1/s1. The van der Waals surface area contributed by atoms with Gasteiger partial charge in [-0.15, -0.1) is 0 Å². The molecule has 0 saturated carbocycles. The minimum absolute atomic E-state index is 0.0812. The Morgan fingerprint density at radius 3 is 3.09 bits per heavy atom. The zero-order valence-corrected chi connectivity index (χ0v) is 13.6. The van der Waals surface area contributed by atoms with Crippen LogP contribution < -0.4 is 5.32 Å². The molecular weight excluding hydrogens is 286 g/mol. The molecule has 0 unspecified atom stereocenters. The number of carbonyl (C=O) groups is 1. The zero-order valence-electron chi connectivity index (χ0n) is 13.6. The molecule has 2 aromatic rings. The van der Waals surface area contributed by atoms with Gasteiger partial charge in [0, 0.05) is 24.2 Å². The first-order valence-corrected chi connectivity index (χ1v) is 8.59. The second-order valence-corrected chi connectivity index (χ2v) is 6.95. The summed E-state index contributed by atoms with van der Waals surface area (Å²) >= 11 is 0. The highest BCUT2D eigenvalue weighted by Crippen LogP contribution is 2.36. The summed E-state index contributed by atoms with van der Waals surface area (Å²) in [5, 5.41) is 5.65. The van der Waals surface area contributed by atoms with Crippen molar-refractivity contribution < 1.29 is 4.79 Å². The van der Waals surface area contributed by atoms with Crippen LogP contribution in [0.1, 0.15) is 43.1 Å². The van der Waals surface area contributed by atoms with Gasteiger partial charge >= 0.3 is 0 Å². The summed E-state index contributed by atoms with van der Waals surface area (Å²) in [7, 11) is 0. The van der Waals surface area contributed by atoms with Gasteiger partial charge in [0.15, 0.2) is 0 Å². The van der Waals surface area contributed by atoms with Crippen LogP contribution in [0.3, 0.4) is 0 Å². The minimum atomic E-state index is -0.0911. The summed E-state index contributed by atoms with van der Waals surface area (Å²) in [5.41, 5.74) is 0.502. The van der Waals surface area contributed by atoms with Crippen LogP contribution in [0.5, 0.6) is 0 Å². The number of hydrogen-bond acceptors (Lipinski definition) is 3. The third-order valence-electron chi connectivity index (χ3n) is 5.61. The molecule has 1 aromatic heterocycles. The van der Waals surface area contributed by atoms with Gasteiger partial charge in [-0.1, -0.05) is 24.3 Å². The fraction of sp³-hybridized carbons (Fsp3) is 0.474. The maximum Gasteiger partial charge on any atom is 0.273 e. The predicted molar refractivity (Wildman–Crippen MR) is 91.4 cm³/mol. The number of aromatic nitrogens is 1. The van der Waals surface area contributed by atoms with E-state index < -0.39 is 0 Å². The lowest BCUT2D eigenvalue weighted by Crippen LogP contribution is -2.66. The van der Waals surface area contributed by atoms with E-state index in [4.69, 9.17) is 0 Å². The van der Waals surface area contributed by atoms with Crippen LogP contribution in [0.15, 0.2) is 36.5 Å². The van der Waals surface area contributed by atoms with Gasteiger partial charge in [0.1, 0.15) is 5.69 Å². The van der Waals surface area contributed by atoms with Crippen molar-refractivity contribution in [3.63, 3.8) is 0 Å². The lowest BCUT2D eigenvalue weighted by Gasteiger charge is -2.52. The fourth-order valence-electron chi connectivity index (χ4n) is 4.31. The monoisotopic (exact) mass is 309 g/mol. The average Bonchev–Trinajstić information content (AvgIpc) is 2.59. The van der Waals surface area contributed by atoms with Crippen LogP contribution in [-0.4, -0.2) is 40.5 Å². The maximum atomic E-state index is 13.3. The number of rotatable bonds is 1. The number of nitrogens with one attached hydrogen (secondary N) is 1. The molecule has 2 saturated heterocycles. The lowest BCUT2D eigenvalue weighted by atomic mass is 9.77. The van der Waals surface area contributed by atoms with Crippen molar-refractivity contribution in [2.24, 2.45) is 0 Å². The molecule has 1 aromatic carbocycles. The maximum absolute atomic E-state index is 13.3. The Morgan fingerprint density at radius 2 is 2.17 bits per heavy atom. The Balaban J connectivity index is 1.75. The van der Waals surface area contributed by atoms with Crippen LogP contribution >= 0.6 is 0 Å². The molecule has 4 nitrogen and oxygen atoms in total. The van der Waals surface area contributed by atoms with E-state index in [1.165, 1.54) is 0 Å². The van der Waals surface area contributed by atoms with Crippen molar-refractivity contribution in [3.05, 3.63) is 42.2 Å². The first-order chi connectivity index (χ1) is 11.2. The summed E-state index contributed by atoms with van der Waals surface area (Å²) < 4.78 is 0. The van der Waals surface area contributed by atoms with E-state index in [1.807, 2.05) is 30.3 Å². The second kappa shape index (κ2) is 5.60. The molecule has 2 aliphatic heterocycles. The number of nitrogens with zero attached hydrogens (tertiary/aromatic N) is 2. The van der Waals surface area contributed by atoms with Crippen molar-refractivity contribution in [2.45, 2.75) is 44.2 Å². The van der Waals surface area contributed by atoms with Crippen LogP contribution in [0.2, 0.25) is 0 Å². The van der Waals surface area contributed by atoms with Gasteiger partial charge in [-0.05, 0) is 50.6 Å². The van der Waals surface area contributed by atoms with Crippen molar-refractivity contribution in [1.29, 1.82) is 0 Å². The molecular formula is C19H23N3O. The first-order valence-electron chi connectivity index (χ1n) is 8.59. The van der Waals surface area contributed by atoms with E-state index in [1.54, 1.807) is 6.20 Å². The summed E-state index contributed by atoms with van der Waals surface area (Å²) in [5.74, 6) is 0.0812. The molecule has 2 atom stereocenters. The molecule has 1 amide bonds. The summed E-state index contributed by atoms with van der Waals surface area (Å²) in [4.78, 5) is 19.8. The van der Waals surface area contributed by atoms with Gasteiger partial charge < -0.3 is 10.2 Å². The third kappa shape index (κ3) is 2.32. The molecule has 23 heavy (non-hydrogen) atoms. The average molecular weight is 309 g/mol. The highest BCUT2D eigenvalue weighted by atomic mass is 16.2. The first kappa shape index (κ1) is 14.6. The van der Waals surface area contributed by atoms with Crippen LogP contribution in [-0.2, 0) is 0 Å². The molecule has 2 aliphatic rings. The van der Waals surface area contributed by atoms with Crippen molar-refractivity contribution in [2.75, 3.05) is 13.1 Å². The highest BCUT2D eigenvalue weighted by molar-refractivity contribution is 6.05. The van der Waals surface area contributed by atoms with E-state index in [0.29, 0.717) is 11.7 Å². The Morgan fingerprint density at radius 1 is 1.30 bits per heavy atom. The smallest absolute Gasteiger partial charge is 0.273 e. The normalized spacial score (nSPS) is 27.7. The Hall–Kier alpha value is -1.94. The number of fused-ring (bicyclic) bond motifs is 2. The summed E-state index contributed by atoms with van der Waals surface area (Å²) in [6.07, 6.45) is 6.16. The molecule has 0 aliphatic carbocycles. The van der Waals surface area contributed by atoms with Crippen LogP contribution in [0.25, 0.3) is 10.8 Å².